The molecule has 16 nitrogen and oxygen atoms in total. The molecule has 4 N–H and O–H groups in total. The van der Waals surface area contributed by atoms with Gasteiger partial charge in [-0.1, -0.05) is 48.5 Å². The maximum absolute atomic E-state index is 11.2. The Morgan fingerprint density at radius 2 is 1.09 bits per heavy atom. The maximum Gasteiger partial charge on any atom is 0.329 e. The zero-order chi connectivity index (χ0) is 38.0. The van der Waals surface area contributed by atoms with Crippen LogP contribution in [-0.2, 0) is 35.7 Å². The van der Waals surface area contributed by atoms with Gasteiger partial charge < -0.3 is 35.3 Å². The van der Waals surface area contributed by atoms with E-state index in [4.69, 9.17) is 24.7 Å². The van der Waals surface area contributed by atoms with E-state index in [9.17, 15) is 10.1 Å². The van der Waals surface area contributed by atoms with Crippen molar-refractivity contribution >= 4 is 23.0 Å². The van der Waals surface area contributed by atoms with Crippen molar-refractivity contribution in [1.29, 1.82) is 0 Å². The second kappa shape index (κ2) is 21.5. The molecule has 2 aromatic heterocycles. The molecule has 4 heterocycles. The van der Waals surface area contributed by atoms with Crippen LogP contribution in [0.5, 0.6) is 12.0 Å². The van der Waals surface area contributed by atoms with Gasteiger partial charge in [-0.3, -0.25) is 19.9 Å². The number of likely N-dealkylation sites (tertiary alicyclic amines) is 2. The third-order valence-corrected chi connectivity index (χ3v) is 8.95. The minimum Gasteiger partial charge on any atom is -0.461 e. The molecule has 290 valence electrons. The Kier molecular flexibility index (Phi) is 16.0. The van der Waals surface area contributed by atoms with E-state index in [0.29, 0.717) is 50.4 Å². The monoisotopic (exact) mass is 744 g/mol. The number of hydrogen-bond acceptors (Lipinski definition) is 15. The van der Waals surface area contributed by atoms with Crippen LogP contribution in [0.4, 0.5) is 23.0 Å². The second-order valence-corrected chi connectivity index (χ2v) is 13.1. The Hall–Kier alpha value is -5.16. The number of nitrogen functional groups attached to an aromatic ring is 1. The second-order valence-electron chi connectivity index (χ2n) is 13.1. The number of nitrogens with two attached hydrogens (primary N) is 1. The fourth-order valence-corrected chi connectivity index (χ4v) is 6.01. The highest BCUT2D eigenvalue weighted by atomic mass is 16.6. The van der Waals surface area contributed by atoms with Gasteiger partial charge in [-0.15, -0.1) is 0 Å². The minimum absolute atomic E-state index is 0.0751. The predicted octanol–water partition coefficient (Wildman–Crippen LogP) is 4.91. The minimum atomic E-state index is -0.513. The maximum atomic E-state index is 11.2. The van der Waals surface area contributed by atoms with Gasteiger partial charge in [0.05, 0.1) is 30.0 Å². The number of nitro groups is 1. The molecule has 0 radical (unpaired) electrons. The van der Waals surface area contributed by atoms with Crippen LogP contribution in [0.25, 0.3) is 0 Å². The summed E-state index contributed by atoms with van der Waals surface area (Å²) in [5.41, 5.74) is 11.1. The lowest BCUT2D eigenvalue weighted by molar-refractivity contribution is -0.384. The third-order valence-electron chi connectivity index (χ3n) is 8.95. The Morgan fingerprint density at radius 1 is 0.667 bits per heavy atom. The zero-order valence-electron chi connectivity index (χ0n) is 31.2. The summed E-state index contributed by atoms with van der Waals surface area (Å²) in [5.74, 6) is 0.710. The molecule has 2 aromatic carbocycles. The smallest absolute Gasteiger partial charge is 0.329 e. The predicted molar refractivity (Wildman–Crippen MR) is 206 cm³/mol. The SMILES string of the molecule is COCCOc1ncc(N)c(NCc2ccc(CN3CCCC3)cc2)n1.COCCOc1ncc([N+](=O)[O-])c(NCc2ccc(CN3CCCC3)cc2)n1. The quantitative estimate of drug-likeness (QED) is 0.0667. The molecule has 0 aliphatic carbocycles. The number of hydrogen-bond donors (Lipinski definition) is 3. The molecule has 0 amide bonds. The van der Waals surface area contributed by atoms with Crippen molar-refractivity contribution in [2.24, 2.45) is 0 Å². The van der Waals surface area contributed by atoms with Crippen molar-refractivity contribution in [3.05, 3.63) is 93.3 Å². The highest BCUT2D eigenvalue weighted by Crippen LogP contribution is 2.24. The lowest BCUT2D eigenvalue weighted by atomic mass is 10.1. The Morgan fingerprint density at radius 3 is 1.56 bits per heavy atom. The van der Waals surface area contributed by atoms with E-state index >= 15 is 0 Å². The van der Waals surface area contributed by atoms with Crippen molar-refractivity contribution in [1.82, 2.24) is 29.7 Å². The van der Waals surface area contributed by atoms with Crippen LogP contribution in [-0.4, -0.2) is 101 Å². The molecular formula is C38H52N10O6. The summed E-state index contributed by atoms with van der Waals surface area (Å²) >= 11 is 0. The molecule has 16 heteroatoms. The van der Waals surface area contributed by atoms with Crippen LogP contribution in [0, 0.1) is 10.1 Å². The van der Waals surface area contributed by atoms with Gasteiger partial charge in [-0.25, -0.2) is 4.98 Å². The van der Waals surface area contributed by atoms with E-state index in [2.05, 4.69) is 76.8 Å². The molecule has 54 heavy (non-hydrogen) atoms. The Balaban J connectivity index is 0.000000208. The molecule has 4 aromatic rings. The Labute approximate surface area is 316 Å². The van der Waals surface area contributed by atoms with Crippen LogP contribution in [0.3, 0.4) is 0 Å². The largest absolute Gasteiger partial charge is 0.461 e. The molecule has 6 rings (SSSR count). The third kappa shape index (κ3) is 13.1. The summed E-state index contributed by atoms with van der Waals surface area (Å²) in [6.07, 6.45) is 7.89. The van der Waals surface area contributed by atoms with Gasteiger partial charge in [0.25, 0.3) is 0 Å². The van der Waals surface area contributed by atoms with E-state index < -0.39 is 4.92 Å². The van der Waals surface area contributed by atoms with Crippen LogP contribution in [0.1, 0.15) is 47.9 Å². The highest BCUT2D eigenvalue weighted by Gasteiger charge is 2.18. The summed E-state index contributed by atoms with van der Waals surface area (Å²) in [6.45, 7) is 9.35. The normalized spacial score (nSPS) is 14.3. The number of rotatable bonds is 19. The molecular weight excluding hydrogens is 692 g/mol. The van der Waals surface area contributed by atoms with Crippen LogP contribution >= 0.6 is 0 Å². The van der Waals surface area contributed by atoms with Crippen LogP contribution in [0.2, 0.25) is 0 Å². The lowest BCUT2D eigenvalue weighted by Gasteiger charge is -2.15. The first-order valence-electron chi connectivity index (χ1n) is 18.4. The van der Waals surface area contributed by atoms with E-state index in [1.165, 1.54) is 55.5 Å². The fraction of sp³-hybridized carbons (Fsp3) is 0.474. The van der Waals surface area contributed by atoms with Crippen molar-refractivity contribution in [3.63, 3.8) is 0 Å². The van der Waals surface area contributed by atoms with Gasteiger partial charge in [0.15, 0.2) is 5.82 Å². The molecule has 2 aliphatic rings. The summed E-state index contributed by atoms with van der Waals surface area (Å²) in [6, 6.07) is 17.3. The molecule has 0 spiro atoms. The van der Waals surface area contributed by atoms with Gasteiger partial charge in [0.1, 0.15) is 19.4 Å². The van der Waals surface area contributed by atoms with Gasteiger partial charge in [0.2, 0.25) is 5.82 Å². The van der Waals surface area contributed by atoms with Crippen molar-refractivity contribution in [2.45, 2.75) is 51.9 Å². The zero-order valence-corrected chi connectivity index (χ0v) is 31.2. The molecule has 0 unspecified atom stereocenters. The lowest BCUT2D eigenvalue weighted by Crippen LogP contribution is -2.18. The van der Waals surface area contributed by atoms with E-state index in [1.807, 2.05) is 12.1 Å². The van der Waals surface area contributed by atoms with Crippen molar-refractivity contribution in [3.8, 4) is 12.0 Å². The molecule has 2 fully saturated rings. The van der Waals surface area contributed by atoms with E-state index in [-0.39, 0.29) is 24.1 Å². The highest BCUT2D eigenvalue weighted by molar-refractivity contribution is 5.60. The van der Waals surface area contributed by atoms with Gasteiger partial charge >= 0.3 is 17.7 Å². The topological polar surface area (TPSA) is 188 Å². The number of anilines is 3. The van der Waals surface area contributed by atoms with Gasteiger partial charge in [-0.2, -0.15) is 15.0 Å². The molecule has 0 saturated carbocycles. The van der Waals surface area contributed by atoms with Crippen LogP contribution in [0.15, 0.2) is 60.9 Å². The first-order chi connectivity index (χ1) is 26.4. The molecule has 2 saturated heterocycles. The summed E-state index contributed by atoms with van der Waals surface area (Å²) in [4.78, 5) is 32.0. The van der Waals surface area contributed by atoms with Gasteiger partial charge in [-0.05, 0) is 74.1 Å². The number of nitrogens with zero attached hydrogens (tertiary/aromatic N) is 7. The van der Waals surface area contributed by atoms with Crippen molar-refractivity contribution in [2.75, 3.05) is 83.2 Å². The average Bonchev–Trinajstić information content (AvgIpc) is 3.91. The van der Waals surface area contributed by atoms with Crippen molar-refractivity contribution < 1.29 is 23.9 Å². The number of ether oxygens (including phenoxy) is 4. The Bertz CT molecular complexity index is 1720. The number of benzene rings is 2. The number of nitrogens with one attached hydrogen (secondary N) is 2. The van der Waals surface area contributed by atoms with E-state index in [1.54, 1.807) is 20.4 Å². The van der Waals surface area contributed by atoms with Crippen LogP contribution < -0.4 is 25.8 Å². The fourth-order valence-electron chi connectivity index (χ4n) is 6.01. The summed E-state index contributed by atoms with van der Waals surface area (Å²) in [7, 11) is 3.18. The number of aromatic nitrogens is 4. The first-order valence-corrected chi connectivity index (χ1v) is 18.4. The van der Waals surface area contributed by atoms with Gasteiger partial charge in [0, 0.05) is 40.4 Å². The molecule has 0 atom stereocenters. The summed E-state index contributed by atoms with van der Waals surface area (Å²) < 4.78 is 20.6. The first kappa shape index (κ1) is 40.0. The molecule has 0 bridgehead atoms. The molecule has 2 aliphatic heterocycles. The average molecular weight is 745 g/mol. The standard InChI is InChI=1S/C19H25N5O4.C19H27N5O2/c1-27-10-11-28-19-21-13-17(24(25)26)18(22-19)20-12-15-4-6-16(7-5-15)14-23-8-2-3-9-23;1-25-10-11-26-19-22-13-17(20)18(23-19)21-12-15-4-6-16(7-5-15)14-24-8-2-3-9-24/h4-7,13H,2-3,8-12,14H2,1H3,(H,20,21,22);4-7,13H,2-3,8-12,14,20H2,1H3,(H,21,22,23). The summed E-state index contributed by atoms with van der Waals surface area (Å²) in [5, 5.41) is 17.5. The van der Waals surface area contributed by atoms with E-state index in [0.717, 1.165) is 37.9 Å². The number of methoxy groups -OCH3 is 2.